The molecule has 1 unspecified atom stereocenters. The second kappa shape index (κ2) is 9.85. The lowest BCUT2D eigenvalue weighted by Crippen LogP contribution is -2.46. The Morgan fingerprint density at radius 3 is 2.23 bits per heavy atom. The molecule has 0 aromatic heterocycles. The zero-order valence-electron chi connectivity index (χ0n) is 13.9. The van der Waals surface area contributed by atoms with Gasteiger partial charge in [0.2, 0.25) is 12.3 Å². The Kier molecular flexibility index (Phi) is 8.49. The number of halogens is 1. The van der Waals surface area contributed by atoms with E-state index in [1.807, 2.05) is 4.90 Å². The number of carbonyl (C=O) groups is 2. The smallest absolute Gasteiger partial charge is 0.247 e. The molecule has 0 radical (unpaired) electrons. The monoisotopic (exact) mass is 329 g/mol. The van der Waals surface area contributed by atoms with E-state index in [4.69, 9.17) is 11.6 Å². The topological polar surface area (TPSA) is 43.9 Å². The lowest BCUT2D eigenvalue weighted by Gasteiger charge is -2.31. The Bertz CT molecular complexity index is 380. The van der Waals surface area contributed by atoms with Crippen LogP contribution in [-0.4, -0.2) is 73.3 Å². The lowest BCUT2D eigenvalue weighted by molar-refractivity contribution is -0.127. The van der Waals surface area contributed by atoms with E-state index in [2.05, 4.69) is 25.8 Å². The Balaban J connectivity index is 0.000000224. The summed E-state index contributed by atoms with van der Waals surface area (Å²) in [5, 5.41) is 0. The molecule has 5 nitrogen and oxygen atoms in total. The van der Waals surface area contributed by atoms with Crippen molar-refractivity contribution >= 4 is 23.9 Å². The van der Waals surface area contributed by atoms with Crippen LogP contribution in [0, 0.1) is 11.8 Å². The van der Waals surface area contributed by atoms with Crippen LogP contribution < -0.4 is 0 Å². The first-order valence-corrected chi connectivity index (χ1v) is 8.35. The maximum atomic E-state index is 11.2. The van der Waals surface area contributed by atoms with Crippen molar-refractivity contribution in [2.45, 2.75) is 20.3 Å². The molecule has 2 aliphatic rings. The maximum Gasteiger partial charge on any atom is 0.247 e. The van der Waals surface area contributed by atoms with Crippen LogP contribution >= 0.6 is 11.6 Å². The minimum atomic E-state index is 0.0121. The molecule has 0 N–H and O–H groups in total. The maximum absolute atomic E-state index is 11.2. The number of rotatable bonds is 3. The van der Waals surface area contributed by atoms with Gasteiger partial charge in [0.05, 0.1) is 0 Å². The van der Waals surface area contributed by atoms with Gasteiger partial charge in [-0.25, -0.2) is 0 Å². The van der Waals surface area contributed by atoms with E-state index >= 15 is 0 Å². The van der Waals surface area contributed by atoms with Crippen molar-refractivity contribution in [3.05, 3.63) is 11.6 Å². The molecular formula is C16H28ClN3O2. The lowest BCUT2D eigenvalue weighted by atomic mass is 9.95. The minimum Gasteiger partial charge on any atom is -0.345 e. The van der Waals surface area contributed by atoms with E-state index in [0.717, 1.165) is 57.5 Å². The van der Waals surface area contributed by atoms with Crippen molar-refractivity contribution < 1.29 is 9.59 Å². The van der Waals surface area contributed by atoms with E-state index in [0.29, 0.717) is 0 Å². The zero-order valence-corrected chi connectivity index (χ0v) is 14.6. The van der Waals surface area contributed by atoms with Crippen LogP contribution in [0.2, 0.25) is 0 Å². The van der Waals surface area contributed by atoms with Crippen molar-refractivity contribution in [2.75, 3.05) is 46.3 Å². The summed E-state index contributed by atoms with van der Waals surface area (Å²) in [7, 11) is 2.05. The SMILES string of the molecule is CC(C)C1CCN(C=O)C1.CN1CCN(C(=O)/C=C\Cl)CC1. The van der Waals surface area contributed by atoms with Crippen LogP contribution in [0.4, 0.5) is 0 Å². The molecule has 2 heterocycles. The first kappa shape index (κ1) is 19.0. The summed E-state index contributed by atoms with van der Waals surface area (Å²) in [6, 6.07) is 0. The van der Waals surface area contributed by atoms with Gasteiger partial charge in [-0.15, -0.1) is 0 Å². The summed E-state index contributed by atoms with van der Waals surface area (Å²) in [4.78, 5) is 27.4. The van der Waals surface area contributed by atoms with Crippen LogP contribution in [0.1, 0.15) is 20.3 Å². The zero-order chi connectivity index (χ0) is 16.5. The van der Waals surface area contributed by atoms with Crippen LogP contribution in [0.25, 0.3) is 0 Å². The van der Waals surface area contributed by atoms with E-state index < -0.39 is 0 Å². The van der Waals surface area contributed by atoms with E-state index in [1.54, 1.807) is 4.90 Å². The first-order valence-electron chi connectivity index (χ1n) is 7.91. The molecule has 0 aromatic carbocycles. The van der Waals surface area contributed by atoms with Gasteiger partial charge in [-0.1, -0.05) is 25.4 Å². The summed E-state index contributed by atoms with van der Waals surface area (Å²) in [6.45, 7) is 9.88. The van der Waals surface area contributed by atoms with E-state index in [-0.39, 0.29) is 5.91 Å². The van der Waals surface area contributed by atoms with Gasteiger partial charge in [0.1, 0.15) is 0 Å². The van der Waals surface area contributed by atoms with Crippen molar-refractivity contribution in [2.24, 2.45) is 11.8 Å². The fourth-order valence-electron chi connectivity index (χ4n) is 2.64. The van der Waals surface area contributed by atoms with Crippen molar-refractivity contribution in [1.82, 2.24) is 14.7 Å². The molecule has 2 amide bonds. The summed E-state index contributed by atoms with van der Waals surface area (Å²) in [6.07, 6.45) is 3.55. The molecule has 0 bridgehead atoms. The van der Waals surface area contributed by atoms with Gasteiger partial charge in [0.15, 0.2) is 0 Å². The molecule has 0 aliphatic carbocycles. The largest absolute Gasteiger partial charge is 0.345 e. The van der Waals surface area contributed by atoms with Crippen molar-refractivity contribution in [3.8, 4) is 0 Å². The van der Waals surface area contributed by atoms with Gasteiger partial charge in [0.25, 0.3) is 0 Å². The summed E-state index contributed by atoms with van der Waals surface area (Å²) in [5.41, 5.74) is 1.26. The normalized spacial score (nSPS) is 22.9. The predicted octanol–water partition coefficient (Wildman–Crippen LogP) is 1.63. The summed E-state index contributed by atoms with van der Waals surface area (Å²) < 4.78 is 0. The molecule has 0 saturated carbocycles. The number of piperazine rings is 1. The van der Waals surface area contributed by atoms with Gasteiger partial charge in [0, 0.05) is 50.9 Å². The number of hydrogen-bond donors (Lipinski definition) is 0. The van der Waals surface area contributed by atoms with Gasteiger partial charge in [-0.2, -0.15) is 0 Å². The molecule has 2 aliphatic heterocycles. The first-order chi connectivity index (χ1) is 10.5. The Labute approximate surface area is 138 Å². The molecule has 22 heavy (non-hydrogen) atoms. The average Bonchev–Trinajstić information content (AvgIpc) is 2.98. The minimum absolute atomic E-state index is 0.0121. The number of amides is 2. The standard InChI is InChI=1S/C8H13ClN2O.C8H15NO/c1-10-4-6-11(7-5-10)8(12)2-3-9;1-7(2)8-3-4-9(5-8)6-10/h2-3H,4-7H2,1H3;6-8H,3-5H2,1-2H3/b3-2-;. The van der Waals surface area contributed by atoms with Gasteiger partial charge in [-0.05, 0) is 25.3 Å². The Morgan fingerprint density at radius 1 is 1.18 bits per heavy atom. The van der Waals surface area contributed by atoms with Crippen LogP contribution in [0.15, 0.2) is 11.6 Å². The molecule has 126 valence electrons. The number of likely N-dealkylation sites (N-methyl/N-ethyl adjacent to an activating group) is 1. The fraction of sp³-hybridized carbons (Fsp3) is 0.750. The third-order valence-corrected chi connectivity index (χ3v) is 4.49. The summed E-state index contributed by atoms with van der Waals surface area (Å²) in [5.74, 6) is 1.48. The average molecular weight is 330 g/mol. The quantitative estimate of drug-likeness (QED) is 0.584. The van der Waals surface area contributed by atoms with Crippen LogP contribution in [-0.2, 0) is 9.59 Å². The molecule has 1 atom stereocenters. The predicted molar refractivity (Wildman–Crippen MR) is 89.7 cm³/mol. The third-order valence-electron chi connectivity index (χ3n) is 4.37. The number of nitrogens with zero attached hydrogens (tertiary/aromatic N) is 3. The van der Waals surface area contributed by atoms with Crippen molar-refractivity contribution in [3.63, 3.8) is 0 Å². The van der Waals surface area contributed by atoms with Crippen LogP contribution in [0.3, 0.4) is 0 Å². The molecule has 2 rings (SSSR count). The van der Waals surface area contributed by atoms with Gasteiger partial charge in [-0.3, -0.25) is 9.59 Å². The molecule has 2 saturated heterocycles. The number of carbonyl (C=O) groups excluding carboxylic acids is 2. The van der Waals surface area contributed by atoms with Crippen molar-refractivity contribution in [1.29, 1.82) is 0 Å². The molecule has 0 aromatic rings. The molecule has 6 heteroatoms. The highest BCUT2D eigenvalue weighted by molar-refractivity contribution is 6.26. The highest BCUT2D eigenvalue weighted by Gasteiger charge is 2.23. The molecular weight excluding hydrogens is 302 g/mol. The highest BCUT2D eigenvalue weighted by atomic mass is 35.5. The van der Waals surface area contributed by atoms with Gasteiger partial charge < -0.3 is 14.7 Å². The third kappa shape index (κ3) is 6.36. The molecule has 0 spiro atoms. The second-order valence-corrected chi connectivity index (χ2v) is 6.57. The Hall–Kier alpha value is -1.07. The molecule has 2 fully saturated rings. The number of likely N-dealkylation sites (tertiary alicyclic amines) is 1. The Morgan fingerprint density at radius 2 is 1.82 bits per heavy atom. The van der Waals surface area contributed by atoms with E-state index in [9.17, 15) is 9.59 Å². The van der Waals surface area contributed by atoms with E-state index in [1.165, 1.54) is 18.0 Å². The fourth-order valence-corrected chi connectivity index (χ4v) is 2.75. The second-order valence-electron chi connectivity index (χ2n) is 6.31. The number of hydrogen-bond acceptors (Lipinski definition) is 3. The summed E-state index contributed by atoms with van der Waals surface area (Å²) >= 11 is 5.31. The van der Waals surface area contributed by atoms with Crippen LogP contribution in [0.5, 0.6) is 0 Å². The van der Waals surface area contributed by atoms with Gasteiger partial charge >= 0.3 is 0 Å². The highest BCUT2D eigenvalue weighted by Crippen LogP contribution is 2.21.